The van der Waals surface area contributed by atoms with Crippen molar-refractivity contribution in [2.45, 2.75) is 0 Å². The summed E-state index contributed by atoms with van der Waals surface area (Å²) >= 11 is 0. The third-order valence-corrected chi connectivity index (χ3v) is 3.87. The third-order valence-electron chi connectivity index (χ3n) is 3.87. The number of anilines is 1. The van der Waals surface area contributed by atoms with Crippen LogP contribution >= 0.6 is 0 Å². The van der Waals surface area contributed by atoms with Crippen LogP contribution in [-0.2, 0) is 4.74 Å². The van der Waals surface area contributed by atoms with Crippen LogP contribution in [0.5, 0.6) is 0 Å². The first kappa shape index (κ1) is 17.1. The van der Waals surface area contributed by atoms with E-state index in [9.17, 15) is 19.7 Å². The quantitative estimate of drug-likeness (QED) is 0.248. The van der Waals surface area contributed by atoms with Crippen molar-refractivity contribution in [2.24, 2.45) is 0 Å². The number of nitrogens with two attached hydrogens (primary N) is 1. The lowest BCUT2D eigenvalue weighted by molar-refractivity contribution is -0.383. The number of benzene rings is 3. The van der Waals surface area contributed by atoms with Crippen molar-refractivity contribution in [1.29, 1.82) is 0 Å². The maximum atomic E-state index is 12.2. The number of esters is 1. The lowest BCUT2D eigenvalue weighted by atomic mass is 10.0. The summed E-state index contributed by atoms with van der Waals surface area (Å²) in [6.07, 6.45) is 0. The number of rotatable bonds is 5. The van der Waals surface area contributed by atoms with Gasteiger partial charge in [0.1, 0.15) is 5.69 Å². The molecule has 26 heavy (non-hydrogen) atoms. The van der Waals surface area contributed by atoms with Gasteiger partial charge in [-0.1, -0.05) is 36.4 Å². The van der Waals surface area contributed by atoms with Crippen molar-refractivity contribution < 1.29 is 19.2 Å². The Kier molecular flexibility index (Phi) is 4.62. The van der Waals surface area contributed by atoms with Crippen molar-refractivity contribution in [3.8, 4) is 0 Å². The van der Waals surface area contributed by atoms with Gasteiger partial charge in [0.05, 0.1) is 10.5 Å². The fourth-order valence-corrected chi connectivity index (χ4v) is 2.49. The molecule has 0 aliphatic carbocycles. The molecule has 0 amide bonds. The maximum absolute atomic E-state index is 12.2. The Balaban J connectivity index is 1.71. The SMILES string of the molecule is Nc1ccc(C(=O)OCC(=O)c2ccc3ccccc3c2)cc1[N+](=O)[O-]. The molecule has 3 aromatic rings. The molecule has 0 saturated carbocycles. The lowest BCUT2D eigenvalue weighted by Gasteiger charge is -2.06. The Bertz CT molecular complexity index is 1030. The average Bonchev–Trinajstić information content (AvgIpc) is 2.65. The molecule has 3 aromatic carbocycles. The van der Waals surface area contributed by atoms with Crippen LogP contribution in [0.25, 0.3) is 10.8 Å². The van der Waals surface area contributed by atoms with Gasteiger partial charge in [-0.15, -0.1) is 0 Å². The molecular formula is C19H14N2O5. The molecule has 0 bridgehead atoms. The molecule has 0 spiro atoms. The van der Waals surface area contributed by atoms with Crippen molar-refractivity contribution in [1.82, 2.24) is 0 Å². The van der Waals surface area contributed by atoms with Gasteiger partial charge in [-0.3, -0.25) is 14.9 Å². The van der Waals surface area contributed by atoms with E-state index in [2.05, 4.69) is 0 Å². The third kappa shape index (κ3) is 3.51. The number of Topliss-reactive ketones (excluding diaryl/α,β-unsaturated/α-hetero) is 1. The number of nitro benzene ring substituents is 1. The zero-order valence-electron chi connectivity index (χ0n) is 13.5. The van der Waals surface area contributed by atoms with Crippen LogP contribution in [-0.4, -0.2) is 23.3 Å². The van der Waals surface area contributed by atoms with Crippen LogP contribution in [0.4, 0.5) is 11.4 Å². The monoisotopic (exact) mass is 350 g/mol. The Morgan fingerprint density at radius 2 is 1.65 bits per heavy atom. The summed E-state index contributed by atoms with van der Waals surface area (Å²) < 4.78 is 4.98. The predicted octanol–water partition coefficient (Wildman–Crippen LogP) is 3.37. The van der Waals surface area contributed by atoms with Crippen LogP contribution in [0.15, 0.2) is 60.7 Å². The van der Waals surface area contributed by atoms with Gasteiger partial charge in [0.25, 0.3) is 5.69 Å². The van der Waals surface area contributed by atoms with Crippen LogP contribution < -0.4 is 5.73 Å². The van der Waals surface area contributed by atoms with E-state index in [0.29, 0.717) is 5.56 Å². The first-order valence-corrected chi connectivity index (χ1v) is 7.69. The normalized spacial score (nSPS) is 10.5. The summed E-state index contributed by atoms with van der Waals surface area (Å²) in [4.78, 5) is 34.5. The molecule has 0 fully saturated rings. The van der Waals surface area contributed by atoms with E-state index in [1.807, 2.05) is 30.3 Å². The predicted molar refractivity (Wildman–Crippen MR) is 96.1 cm³/mol. The highest BCUT2D eigenvalue weighted by Crippen LogP contribution is 2.23. The standard InChI is InChI=1S/C19H14N2O5/c20-16-8-7-15(10-17(16)21(24)25)19(23)26-11-18(22)14-6-5-12-3-1-2-4-13(12)9-14/h1-10H,11,20H2. The van der Waals surface area contributed by atoms with E-state index in [4.69, 9.17) is 10.5 Å². The highest BCUT2D eigenvalue weighted by atomic mass is 16.6. The van der Waals surface area contributed by atoms with Crippen molar-refractivity contribution in [3.05, 3.63) is 81.9 Å². The fourth-order valence-electron chi connectivity index (χ4n) is 2.49. The van der Waals surface area contributed by atoms with Crippen LogP contribution in [0.3, 0.4) is 0 Å². The molecule has 0 unspecified atom stereocenters. The second-order valence-electron chi connectivity index (χ2n) is 5.59. The van der Waals surface area contributed by atoms with Crippen LogP contribution in [0, 0.1) is 10.1 Å². The van der Waals surface area contributed by atoms with Gasteiger partial charge in [-0.05, 0) is 29.0 Å². The molecule has 7 heteroatoms. The van der Waals surface area contributed by atoms with E-state index in [0.717, 1.165) is 16.8 Å². The number of nitro groups is 1. The Labute approximate surface area is 148 Å². The summed E-state index contributed by atoms with van der Waals surface area (Å²) in [7, 11) is 0. The molecule has 0 heterocycles. The Hall–Kier alpha value is -3.74. The lowest BCUT2D eigenvalue weighted by Crippen LogP contribution is -2.14. The zero-order valence-corrected chi connectivity index (χ0v) is 13.5. The number of carbonyl (C=O) groups excluding carboxylic acids is 2. The minimum atomic E-state index is -0.831. The summed E-state index contributed by atoms with van der Waals surface area (Å²) in [5.41, 5.74) is 5.41. The molecule has 3 rings (SSSR count). The molecule has 0 atom stereocenters. The highest BCUT2D eigenvalue weighted by Gasteiger charge is 2.18. The van der Waals surface area contributed by atoms with E-state index in [1.165, 1.54) is 12.1 Å². The molecule has 0 aromatic heterocycles. The number of nitrogens with zero attached hydrogens (tertiary/aromatic N) is 1. The molecular weight excluding hydrogens is 336 g/mol. The minimum absolute atomic E-state index is 0.0442. The van der Waals surface area contributed by atoms with E-state index >= 15 is 0 Å². The second kappa shape index (κ2) is 7.02. The van der Waals surface area contributed by atoms with Gasteiger partial charge < -0.3 is 10.5 Å². The van der Waals surface area contributed by atoms with Gasteiger partial charge in [-0.25, -0.2) is 4.79 Å². The van der Waals surface area contributed by atoms with Gasteiger partial charge in [0, 0.05) is 11.6 Å². The molecule has 0 aliphatic heterocycles. The van der Waals surface area contributed by atoms with Gasteiger partial charge in [0.15, 0.2) is 12.4 Å². The topological polar surface area (TPSA) is 113 Å². The van der Waals surface area contributed by atoms with Crippen LogP contribution in [0.2, 0.25) is 0 Å². The first-order chi connectivity index (χ1) is 12.5. The largest absolute Gasteiger partial charge is 0.454 e. The molecule has 0 saturated heterocycles. The van der Waals surface area contributed by atoms with Crippen molar-refractivity contribution in [2.75, 3.05) is 12.3 Å². The zero-order chi connectivity index (χ0) is 18.7. The molecule has 0 aliphatic rings. The Morgan fingerprint density at radius 3 is 2.38 bits per heavy atom. The molecule has 130 valence electrons. The fraction of sp³-hybridized carbons (Fsp3) is 0.0526. The summed E-state index contributed by atoms with van der Waals surface area (Å²) in [5, 5.41) is 12.8. The number of fused-ring (bicyclic) bond motifs is 1. The minimum Gasteiger partial charge on any atom is -0.454 e. The molecule has 0 radical (unpaired) electrons. The first-order valence-electron chi connectivity index (χ1n) is 7.69. The van der Waals surface area contributed by atoms with Gasteiger partial charge in [0.2, 0.25) is 0 Å². The summed E-state index contributed by atoms with van der Waals surface area (Å²) in [6.45, 7) is -0.463. The Morgan fingerprint density at radius 1 is 0.962 bits per heavy atom. The number of hydrogen-bond donors (Lipinski definition) is 1. The summed E-state index contributed by atoms with van der Waals surface area (Å²) in [6, 6.07) is 16.4. The second-order valence-corrected chi connectivity index (χ2v) is 5.59. The van der Waals surface area contributed by atoms with Gasteiger partial charge in [-0.2, -0.15) is 0 Å². The number of carbonyl (C=O) groups is 2. The number of ketones is 1. The smallest absolute Gasteiger partial charge is 0.338 e. The van der Waals surface area contributed by atoms with Gasteiger partial charge >= 0.3 is 5.97 Å². The molecule has 2 N–H and O–H groups in total. The number of nitrogen functional groups attached to an aromatic ring is 1. The maximum Gasteiger partial charge on any atom is 0.338 e. The summed E-state index contributed by atoms with van der Waals surface area (Å²) in [5.74, 6) is -1.20. The van der Waals surface area contributed by atoms with E-state index in [-0.39, 0.29) is 22.7 Å². The average molecular weight is 350 g/mol. The number of ether oxygens (including phenoxy) is 1. The van der Waals surface area contributed by atoms with E-state index < -0.39 is 17.5 Å². The van der Waals surface area contributed by atoms with E-state index in [1.54, 1.807) is 12.1 Å². The number of hydrogen-bond acceptors (Lipinski definition) is 6. The molecule has 7 nitrogen and oxygen atoms in total. The van der Waals surface area contributed by atoms with Crippen LogP contribution in [0.1, 0.15) is 20.7 Å². The van der Waals surface area contributed by atoms with Crippen molar-refractivity contribution in [3.63, 3.8) is 0 Å². The highest BCUT2D eigenvalue weighted by molar-refractivity contribution is 6.02. The van der Waals surface area contributed by atoms with Crippen molar-refractivity contribution >= 4 is 33.9 Å².